The topological polar surface area (TPSA) is 50.8 Å². The molecule has 1 aromatic rings. The van der Waals surface area contributed by atoms with Gasteiger partial charge in [-0.1, -0.05) is 6.07 Å². The quantitative estimate of drug-likeness (QED) is 0.855. The van der Waals surface area contributed by atoms with Crippen molar-refractivity contribution in [2.75, 3.05) is 32.2 Å². The molecule has 1 aromatic carbocycles. The summed E-state index contributed by atoms with van der Waals surface area (Å²) in [5.41, 5.74) is 3.70. The normalized spacial score (nSPS) is 21.0. The van der Waals surface area contributed by atoms with Crippen LogP contribution in [0.1, 0.15) is 24.0 Å². The summed E-state index contributed by atoms with van der Waals surface area (Å²) in [6.45, 7) is 2.72. The largest absolute Gasteiger partial charge is 0.495 e. The van der Waals surface area contributed by atoms with Crippen molar-refractivity contribution in [3.63, 3.8) is 0 Å². The first-order chi connectivity index (χ1) is 10.3. The Morgan fingerprint density at radius 1 is 1.38 bits per heavy atom. The highest BCUT2D eigenvalue weighted by molar-refractivity contribution is 5.83. The fourth-order valence-electron chi connectivity index (χ4n) is 3.43. The van der Waals surface area contributed by atoms with Crippen LogP contribution in [0.3, 0.4) is 0 Å². The van der Waals surface area contributed by atoms with Crippen LogP contribution in [-0.2, 0) is 22.5 Å². The summed E-state index contributed by atoms with van der Waals surface area (Å²) in [5.74, 6) is 0.701. The lowest BCUT2D eigenvalue weighted by Gasteiger charge is -2.31. The molecule has 0 amide bonds. The van der Waals surface area contributed by atoms with Gasteiger partial charge in [0.1, 0.15) is 11.8 Å². The van der Waals surface area contributed by atoms with E-state index in [0.29, 0.717) is 0 Å². The summed E-state index contributed by atoms with van der Waals surface area (Å²) in [6, 6.07) is 3.94. The van der Waals surface area contributed by atoms with Crippen molar-refractivity contribution in [3.8, 4) is 5.75 Å². The van der Waals surface area contributed by atoms with Crippen LogP contribution in [0.5, 0.6) is 5.75 Å². The molecule has 0 aromatic heterocycles. The maximum absolute atomic E-state index is 12.0. The van der Waals surface area contributed by atoms with Crippen LogP contribution in [0.15, 0.2) is 12.1 Å². The van der Waals surface area contributed by atoms with E-state index < -0.39 is 0 Å². The first-order valence-corrected chi connectivity index (χ1v) is 7.50. The maximum Gasteiger partial charge on any atom is 0.328 e. The molecule has 2 heterocycles. The minimum atomic E-state index is -0.190. The molecule has 1 unspecified atom stereocenters. The van der Waals surface area contributed by atoms with E-state index in [4.69, 9.17) is 9.47 Å². The van der Waals surface area contributed by atoms with Crippen LogP contribution in [0.25, 0.3) is 0 Å². The first-order valence-electron chi connectivity index (χ1n) is 7.50. The van der Waals surface area contributed by atoms with Crippen molar-refractivity contribution in [1.82, 2.24) is 5.32 Å². The number of esters is 1. The number of ether oxygens (including phenoxy) is 2. The van der Waals surface area contributed by atoms with Crippen LogP contribution in [0, 0.1) is 0 Å². The van der Waals surface area contributed by atoms with Crippen molar-refractivity contribution < 1.29 is 14.3 Å². The van der Waals surface area contributed by atoms with Gasteiger partial charge in [0.2, 0.25) is 0 Å². The van der Waals surface area contributed by atoms with Gasteiger partial charge in [-0.25, -0.2) is 4.79 Å². The summed E-state index contributed by atoms with van der Waals surface area (Å²) in [6.07, 6.45) is 2.81. The molecule has 1 saturated heterocycles. The maximum atomic E-state index is 12.0. The van der Waals surface area contributed by atoms with Gasteiger partial charge in [-0.15, -0.1) is 0 Å². The van der Waals surface area contributed by atoms with Gasteiger partial charge in [0.05, 0.1) is 19.9 Å². The monoisotopic (exact) mass is 290 g/mol. The average Bonchev–Trinajstić information content (AvgIpc) is 3.02. The highest BCUT2D eigenvalue weighted by Crippen LogP contribution is 2.39. The molecular weight excluding hydrogens is 268 g/mol. The molecular formula is C16H22N2O3. The number of benzene rings is 1. The Bertz CT molecular complexity index is 545. The summed E-state index contributed by atoms with van der Waals surface area (Å²) < 4.78 is 10.5. The second-order valence-corrected chi connectivity index (χ2v) is 5.56. The molecule has 21 heavy (non-hydrogen) atoms. The molecule has 0 radical (unpaired) electrons. The predicted molar refractivity (Wildman–Crippen MR) is 80.8 cm³/mol. The predicted octanol–water partition coefficient (Wildman–Crippen LogP) is 1.48. The van der Waals surface area contributed by atoms with Crippen LogP contribution in [0.2, 0.25) is 0 Å². The van der Waals surface area contributed by atoms with Crippen molar-refractivity contribution >= 4 is 11.7 Å². The van der Waals surface area contributed by atoms with Gasteiger partial charge in [0, 0.05) is 13.1 Å². The number of rotatable bonds is 3. The number of methoxy groups -OCH3 is 2. The Hall–Kier alpha value is -1.75. The zero-order chi connectivity index (χ0) is 14.8. The molecule has 114 valence electrons. The minimum absolute atomic E-state index is 0.152. The second kappa shape index (κ2) is 5.93. The van der Waals surface area contributed by atoms with Crippen LogP contribution in [0.4, 0.5) is 5.69 Å². The average molecular weight is 290 g/mol. The van der Waals surface area contributed by atoms with Crippen molar-refractivity contribution in [1.29, 1.82) is 0 Å². The van der Waals surface area contributed by atoms with E-state index in [1.807, 2.05) is 6.07 Å². The van der Waals surface area contributed by atoms with Gasteiger partial charge < -0.3 is 19.7 Å². The minimum Gasteiger partial charge on any atom is -0.495 e. The van der Waals surface area contributed by atoms with Crippen LogP contribution in [-0.4, -0.2) is 39.3 Å². The number of nitrogens with one attached hydrogen (secondary N) is 1. The number of carbonyl (C=O) groups excluding carboxylic acids is 1. The van der Waals surface area contributed by atoms with E-state index in [2.05, 4.69) is 16.3 Å². The standard InChI is InChI=1S/C16H22N2O3/c1-20-14-6-5-11-10-17-8-7-12(11)15(14)18-9-3-4-13(18)16(19)21-2/h5-6,13,17H,3-4,7-10H2,1-2H3. The zero-order valence-electron chi connectivity index (χ0n) is 12.6. The Kier molecular flexibility index (Phi) is 4.01. The zero-order valence-corrected chi connectivity index (χ0v) is 12.6. The molecule has 2 aliphatic rings. The highest BCUT2D eigenvalue weighted by Gasteiger charge is 2.35. The Balaban J connectivity index is 2.05. The molecule has 5 nitrogen and oxygen atoms in total. The lowest BCUT2D eigenvalue weighted by Crippen LogP contribution is -2.38. The van der Waals surface area contributed by atoms with Crippen LogP contribution >= 0.6 is 0 Å². The van der Waals surface area contributed by atoms with E-state index >= 15 is 0 Å². The number of hydrogen-bond donors (Lipinski definition) is 1. The summed E-state index contributed by atoms with van der Waals surface area (Å²) in [7, 11) is 3.15. The summed E-state index contributed by atoms with van der Waals surface area (Å²) in [4.78, 5) is 14.2. The molecule has 5 heteroatoms. The SMILES string of the molecule is COC(=O)C1CCCN1c1c(OC)ccc2c1CCNC2. The molecule has 3 rings (SSSR count). The Labute approximate surface area is 125 Å². The molecule has 0 saturated carbocycles. The second-order valence-electron chi connectivity index (χ2n) is 5.56. The van der Waals surface area contributed by atoms with Gasteiger partial charge in [0.15, 0.2) is 0 Å². The third-order valence-electron chi connectivity index (χ3n) is 4.44. The fraction of sp³-hybridized carbons (Fsp3) is 0.562. The summed E-state index contributed by atoms with van der Waals surface area (Å²) >= 11 is 0. The lowest BCUT2D eigenvalue weighted by molar-refractivity contribution is -0.141. The van der Waals surface area contributed by atoms with Gasteiger partial charge in [-0.2, -0.15) is 0 Å². The molecule has 1 N–H and O–H groups in total. The van der Waals surface area contributed by atoms with E-state index in [1.165, 1.54) is 18.2 Å². The van der Waals surface area contributed by atoms with E-state index in [1.54, 1.807) is 7.11 Å². The molecule has 0 spiro atoms. The molecule has 2 aliphatic heterocycles. The number of nitrogens with zero attached hydrogens (tertiary/aromatic N) is 1. The molecule has 1 fully saturated rings. The third kappa shape index (κ3) is 2.46. The highest BCUT2D eigenvalue weighted by atomic mass is 16.5. The number of anilines is 1. The van der Waals surface area contributed by atoms with Gasteiger partial charge in [-0.3, -0.25) is 0 Å². The fourth-order valence-corrected chi connectivity index (χ4v) is 3.43. The van der Waals surface area contributed by atoms with E-state index in [0.717, 1.165) is 50.3 Å². The van der Waals surface area contributed by atoms with Gasteiger partial charge in [-0.05, 0) is 43.0 Å². The van der Waals surface area contributed by atoms with E-state index in [-0.39, 0.29) is 12.0 Å². The summed E-state index contributed by atoms with van der Waals surface area (Å²) in [5, 5.41) is 3.39. The number of carbonyl (C=O) groups is 1. The number of hydrogen-bond acceptors (Lipinski definition) is 5. The smallest absolute Gasteiger partial charge is 0.328 e. The van der Waals surface area contributed by atoms with Crippen molar-refractivity contribution in [2.24, 2.45) is 0 Å². The van der Waals surface area contributed by atoms with E-state index in [9.17, 15) is 4.79 Å². The van der Waals surface area contributed by atoms with Gasteiger partial charge in [0.25, 0.3) is 0 Å². The Morgan fingerprint density at radius 3 is 3.00 bits per heavy atom. The van der Waals surface area contributed by atoms with Crippen molar-refractivity contribution in [2.45, 2.75) is 31.8 Å². The molecule has 0 bridgehead atoms. The molecule has 1 atom stereocenters. The molecule has 0 aliphatic carbocycles. The number of fused-ring (bicyclic) bond motifs is 1. The van der Waals surface area contributed by atoms with Crippen molar-refractivity contribution in [3.05, 3.63) is 23.3 Å². The first kappa shape index (κ1) is 14.2. The third-order valence-corrected chi connectivity index (χ3v) is 4.44. The van der Waals surface area contributed by atoms with Gasteiger partial charge >= 0.3 is 5.97 Å². The lowest BCUT2D eigenvalue weighted by atomic mass is 9.97. The Morgan fingerprint density at radius 2 is 2.24 bits per heavy atom. The van der Waals surface area contributed by atoms with Crippen LogP contribution < -0.4 is 15.0 Å².